The molecule has 0 spiro atoms. The molecule has 0 radical (unpaired) electrons. The van der Waals surface area contributed by atoms with Gasteiger partial charge in [0.25, 0.3) is 0 Å². The first-order chi connectivity index (χ1) is 6.70. The Bertz CT molecular complexity index is 340. The maximum Gasteiger partial charge on any atom is 0.125 e. The van der Waals surface area contributed by atoms with Crippen LogP contribution in [0.4, 0.5) is 0 Å². The third kappa shape index (κ3) is 1.79. The Morgan fingerprint density at radius 1 is 1.57 bits per heavy atom. The van der Waals surface area contributed by atoms with Crippen molar-refractivity contribution in [1.29, 1.82) is 0 Å². The molecule has 0 saturated heterocycles. The zero-order valence-electron chi connectivity index (χ0n) is 8.16. The van der Waals surface area contributed by atoms with E-state index in [1.807, 2.05) is 18.2 Å². The minimum atomic E-state index is 0.122. The number of hydrogen-bond acceptors (Lipinski definition) is 2. The van der Waals surface area contributed by atoms with Gasteiger partial charge >= 0.3 is 0 Å². The molecule has 2 nitrogen and oxygen atoms in total. The van der Waals surface area contributed by atoms with Gasteiger partial charge in [-0.25, -0.2) is 0 Å². The number of nitrogens with two attached hydrogens (primary N) is 1. The van der Waals surface area contributed by atoms with Gasteiger partial charge in [-0.1, -0.05) is 28.9 Å². The summed E-state index contributed by atoms with van der Waals surface area (Å²) in [4.78, 5) is 0. The zero-order valence-corrected chi connectivity index (χ0v) is 9.75. The molecule has 14 heavy (non-hydrogen) atoms. The molecule has 2 atom stereocenters. The van der Waals surface area contributed by atoms with Gasteiger partial charge in [-0.05, 0) is 18.6 Å². The van der Waals surface area contributed by atoms with Crippen LogP contribution in [0, 0.1) is 0 Å². The lowest BCUT2D eigenvalue weighted by atomic mass is 9.96. The van der Waals surface area contributed by atoms with E-state index < -0.39 is 0 Å². The average molecular weight is 256 g/mol. The second-order valence-electron chi connectivity index (χ2n) is 3.67. The predicted molar refractivity (Wildman–Crippen MR) is 60.4 cm³/mol. The molecule has 1 aromatic rings. The Hall–Kier alpha value is -0.540. The standard InChI is InChI=1S/C11H14BrNO/c1-2-8-6-10(13)9-4-3-7(12)5-11(9)14-8/h3-5,8,10H,2,6,13H2,1H3/t8?,10-/m0/s1. The third-order valence-corrected chi connectivity index (χ3v) is 3.13. The van der Waals surface area contributed by atoms with E-state index in [4.69, 9.17) is 10.5 Å². The fraction of sp³-hybridized carbons (Fsp3) is 0.455. The van der Waals surface area contributed by atoms with Gasteiger partial charge < -0.3 is 10.5 Å². The predicted octanol–water partition coefficient (Wildman–Crippen LogP) is 3.01. The first-order valence-electron chi connectivity index (χ1n) is 4.92. The summed E-state index contributed by atoms with van der Waals surface area (Å²) in [6.07, 6.45) is 2.21. The van der Waals surface area contributed by atoms with E-state index in [1.165, 1.54) is 0 Å². The van der Waals surface area contributed by atoms with E-state index in [2.05, 4.69) is 22.9 Å². The number of fused-ring (bicyclic) bond motifs is 1. The summed E-state index contributed by atoms with van der Waals surface area (Å²) in [5.74, 6) is 0.935. The van der Waals surface area contributed by atoms with E-state index in [0.717, 1.165) is 28.6 Å². The Kier molecular flexibility index (Phi) is 2.79. The highest BCUT2D eigenvalue weighted by molar-refractivity contribution is 9.10. The Balaban J connectivity index is 2.35. The first-order valence-corrected chi connectivity index (χ1v) is 5.71. The van der Waals surface area contributed by atoms with Gasteiger partial charge in [0, 0.05) is 22.5 Å². The van der Waals surface area contributed by atoms with E-state index in [1.54, 1.807) is 0 Å². The van der Waals surface area contributed by atoms with Crippen molar-refractivity contribution in [3.8, 4) is 5.75 Å². The summed E-state index contributed by atoms with van der Waals surface area (Å²) in [6, 6.07) is 6.16. The molecule has 2 N–H and O–H groups in total. The Labute approximate surface area is 92.6 Å². The van der Waals surface area contributed by atoms with Crippen LogP contribution in [0.15, 0.2) is 22.7 Å². The average Bonchev–Trinajstić information content (AvgIpc) is 2.16. The number of halogens is 1. The molecule has 0 saturated carbocycles. The summed E-state index contributed by atoms with van der Waals surface area (Å²) >= 11 is 3.43. The number of benzene rings is 1. The molecule has 0 aliphatic carbocycles. The van der Waals surface area contributed by atoms with Crippen LogP contribution >= 0.6 is 15.9 Å². The molecule has 0 fully saturated rings. The third-order valence-electron chi connectivity index (χ3n) is 2.64. The second-order valence-corrected chi connectivity index (χ2v) is 4.59. The quantitative estimate of drug-likeness (QED) is 0.838. The molecule has 0 aromatic heterocycles. The van der Waals surface area contributed by atoms with Crippen LogP contribution in [-0.2, 0) is 0 Å². The van der Waals surface area contributed by atoms with Crippen LogP contribution in [0.3, 0.4) is 0 Å². The molecule has 3 heteroatoms. The topological polar surface area (TPSA) is 35.2 Å². The van der Waals surface area contributed by atoms with E-state index in [0.29, 0.717) is 0 Å². The van der Waals surface area contributed by atoms with E-state index >= 15 is 0 Å². The Morgan fingerprint density at radius 2 is 2.36 bits per heavy atom. The lowest BCUT2D eigenvalue weighted by Gasteiger charge is -2.29. The summed E-state index contributed by atoms with van der Waals surface area (Å²) < 4.78 is 6.86. The van der Waals surface area contributed by atoms with Gasteiger partial charge in [-0.3, -0.25) is 0 Å². The molecule has 0 bridgehead atoms. The smallest absolute Gasteiger partial charge is 0.125 e. The molecule has 1 aliphatic rings. The van der Waals surface area contributed by atoms with Gasteiger partial charge in [-0.2, -0.15) is 0 Å². The fourth-order valence-electron chi connectivity index (χ4n) is 1.80. The highest BCUT2D eigenvalue weighted by atomic mass is 79.9. The number of rotatable bonds is 1. The molecular formula is C11H14BrNO. The van der Waals surface area contributed by atoms with Crippen molar-refractivity contribution in [2.24, 2.45) is 5.73 Å². The summed E-state index contributed by atoms with van der Waals surface area (Å²) in [5.41, 5.74) is 7.19. The van der Waals surface area contributed by atoms with Crippen molar-refractivity contribution in [3.05, 3.63) is 28.2 Å². The van der Waals surface area contributed by atoms with Crippen LogP contribution in [-0.4, -0.2) is 6.10 Å². The van der Waals surface area contributed by atoms with Crippen LogP contribution in [0.5, 0.6) is 5.75 Å². The maximum atomic E-state index is 6.07. The molecule has 1 unspecified atom stereocenters. The van der Waals surface area contributed by atoms with Gasteiger partial charge in [0.1, 0.15) is 11.9 Å². The molecule has 0 amide bonds. The highest BCUT2D eigenvalue weighted by Gasteiger charge is 2.24. The lowest BCUT2D eigenvalue weighted by molar-refractivity contribution is 0.155. The van der Waals surface area contributed by atoms with E-state index in [9.17, 15) is 0 Å². The Morgan fingerprint density at radius 3 is 3.07 bits per heavy atom. The van der Waals surface area contributed by atoms with Crippen molar-refractivity contribution >= 4 is 15.9 Å². The van der Waals surface area contributed by atoms with Gasteiger partial charge in [0.05, 0.1) is 0 Å². The first kappa shape index (κ1) is 9.99. The van der Waals surface area contributed by atoms with Gasteiger partial charge in [0.2, 0.25) is 0 Å². The minimum absolute atomic E-state index is 0.122. The summed E-state index contributed by atoms with van der Waals surface area (Å²) in [7, 11) is 0. The molecule has 76 valence electrons. The molecule has 1 aromatic carbocycles. The van der Waals surface area contributed by atoms with Gasteiger partial charge in [-0.15, -0.1) is 0 Å². The monoisotopic (exact) mass is 255 g/mol. The maximum absolute atomic E-state index is 6.07. The van der Waals surface area contributed by atoms with Crippen LogP contribution < -0.4 is 10.5 Å². The van der Waals surface area contributed by atoms with Crippen LogP contribution in [0.25, 0.3) is 0 Å². The van der Waals surface area contributed by atoms with Gasteiger partial charge in [0.15, 0.2) is 0 Å². The summed E-state index contributed by atoms with van der Waals surface area (Å²) in [6.45, 7) is 2.13. The second kappa shape index (κ2) is 3.91. The number of ether oxygens (including phenoxy) is 1. The molecule has 1 heterocycles. The van der Waals surface area contributed by atoms with E-state index in [-0.39, 0.29) is 12.1 Å². The van der Waals surface area contributed by atoms with Crippen LogP contribution in [0.1, 0.15) is 31.4 Å². The SMILES string of the molecule is CCC1C[C@H](N)c2ccc(Br)cc2O1. The minimum Gasteiger partial charge on any atom is -0.490 e. The fourth-order valence-corrected chi connectivity index (χ4v) is 2.14. The summed E-state index contributed by atoms with van der Waals surface area (Å²) in [5, 5.41) is 0. The molecule has 1 aliphatic heterocycles. The largest absolute Gasteiger partial charge is 0.490 e. The molecule has 2 rings (SSSR count). The van der Waals surface area contributed by atoms with Crippen molar-refractivity contribution in [2.45, 2.75) is 31.9 Å². The molecular weight excluding hydrogens is 242 g/mol. The van der Waals surface area contributed by atoms with Crippen molar-refractivity contribution in [2.75, 3.05) is 0 Å². The van der Waals surface area contributed by atoms with Crippen molar-refractivity contribution in [1.82, 2.24) is 0 Å². The normalized spacial score (nSPS) is 25.4. The highest BCUT2D eigenvalue weighted by Crippen LogP contribution is 2.35. The lowest BCUT2D eigenvalue weighted by Crippen LogP contribution is -2.28. The zero-order chi connectivity index (χ0) is 10.1. The number of hydrogen-bond donors (Lipinski definition) is 1. The van der Waals surface area contributed by atoms with Crippen molar-refractivity contribution in [3.63, 3.8) is 0 Å². The van der Waals surface area contributed by atoms with Crippen LogP contribution in [0.2, 0.25) is 0 Å². The van der Waals surface area contributed by atoms with Crippen molar-refractivity contribution < 1.29 is 4.74 Å².